The molecule has 0 atom stereocenters. The van der Waals surface area contributed by atoms with Crippen LogP contribution in [0.3, 0.4) is 0 Å². The fourth-order valence-electron chi connectivity index (χ4n) is 3.34. The second-order valence-corrected chi connectivity index (χ2v) is 6.60. The summed E-state index contributed by atoms with van der Waals surface area (Å²) < 4.78 is 18.4. The van der Waals surface area contributed by atoms with Crippen molar-refractivity contribution in [2.24, 2.45) is 0 Å². The molecule has 7 nitrogen and oxygen atoms in total. The molecule has 2 fully saturated rings. The number of amides is 1. The number of morpholine rings is 1. The molecule has 27 heavy (non-hydrogen) atoms. The van der Waals surface area contributed by atoms with Crippen LogP contribution in [0.1, 0.15) is 10.4 Å². The Hall–Kier alpha value is -2.74. The molecule has 0 spiro atoms. The number of halogens is 1. The molecule has 0 saturated carbocycles. The molecule has 0 unspecified atom stereocenters. The highest BCUT2D eigenvalue weighted by Gasteiger charge is 2.23. The Morgan fingerprint density at radius 3 is 2.33 bits per heavy atom. The molecule has 1 amide bonds. The van der Waals surface area contributed by atoms with Crippen molar-refractivity contribution >= 4 is 17.7 Å². The number of ether oxygens (including phenoxy) is 1. The van der Waals surface area contributed by atoms with Crippen molar-refractivity contribution in [3.05, 3.63) is 47.9 Å². The fraction of sp³-hybridized carbons (Fsp3) is 0.421. The highest BCUT2D eigenvalue weighted by atomic mass is 19.1. The van der Waals surface area contributed by atoms with E-state index in [1.807, 2.05) is 6.07 Å². The maximum atomic E-state index is 13.0. The number of carbonyl (C=O) groups excluding carboxylic acids is 1. The first-order chi connectivity index (χ1) is 13.2. The van der Waals surface area contributed by atoms with E-state index < -0.39 is 0 Å². The van der Waals surface area contributed by atoms with E-state index in [1.165, 1.54) is 24.3 Å². The van der Waals surface area contributed by atoms with E-state index in [0.717, 1.165) is 24.9 Å². The molecule has 3 heterocycles. The average Bonchev–Trinajstić information content (AvgIpc) is 2.75. The minimum atomic E-state index is -0.337. The molecule has 0 bridgehead atoms. The van der Waals surface area contributed by atoms with Gasteiger partial charge in [-0.05, 0) is 30.3 Å². The van der Waals surface area contributed by atoms with Crippen LogP contribution >= 0.6 is 0 Å². The highest BCUT2D eigenvalue weighted by Crippen LogP contribution is 2.18. The van der Waals surface area contributed by atoms with E-state index in [4.69, 9.17) is 9.72 Å². The van der Waals surface area contributed by atoms with Crippen molar-refractivity contribution in [3.8, 4) is 0 Å². The molecule has 0 radical (unpaired) electrons. The summed E-state index contributed by atoms with van der Waals surface area (Å²) in [6.45, 7) is 5.58. The maximum Gasteiger partial charge on any atom is 0.253 e. The highest BCUT2D eigenvalue weighted by molar-refractivity contribution is 5.94. The topological polar surface area (TPSA) is 61.8 Å². The predicted molar refractivity (Wildman–Crippen MR) is 99.6 cm³/mol. The smallest absolute Gasteiger partial charge is 0.253 e. The molecule has 1 aromatic heterocycles. The Kier molecular flexibility index (Phi) is 5.15. The summed E-state index contributed by atoms with van der Waals surface area (Å²) in [5, 5.41) is 0. The van der Waals surface area contributed by atoms with Crippen molar-refractivity contribution in [1.82, 2.24) is 14.9 Å². The van der Waals surface area contributed by atoms with Crippen LogP contribution in [0.15, 0.2) is 36.5 Å². The number of nitrogens with zero attached hydrogens (tertiary/aromatic N) is 5. The molecule has 142 valence electrons. The largest absolute Gasteiger partial charge is 0.378 e. The monoisotopic (exact) mass is 371 g/mol. The van der Waals surface area contributed by atoms with Gasteiger partial charge < -0.3 is 19.4 Å². The molecule has 4 rings (SSSR count). The molecule has 0 N–H and O–H groups in total. The number of aromatic nitrogens is 2. The van der Waals surface area contributed by atoms with Gasteiger partial charge in [-0.1, -0.05) is 0 Å². The SMILES string of the molecule is O=C(c1ccc(F)cc1)N1CCN(c2ccnc(N3CCOCC3)n2)CC1. The lowest BCUT2D eigenvalue weighted by Gasteiger charge is -2.36. The van der Waals surface area contributed by atoms with Crippen LogP contribution in [0.25, 0.3) is 0 Å². The Morgan fingerprint density at radius 1 is 0.926 bits per heavy atom. The van der Waals surface area contributed by atoms with Gasteiger partial charge in [-0.25, -0.2) is 9.37 Å². The second kappa shape index (κ2) is 7.87. The van der Waals surface area contributed by atoms with E-state index in [9.17, 15) is 9.18 Å². The molecular formula is C19H22FN5O2. The molecule has 2 aliphatic rings. The third-order valence-electron chi connectivity index (χ3n) is 4.90. The first-order valence-corrected chi connectivity index (χ1v) is 9.16. The first-order valence-electron chi connectivity index (χ1n) is 9.16. The fourth-order valence-corrected chi connectivity index (χ4v) is 3.34. The average molecular weight is 371 g/mol. The Labute approximate surface area is 157 Å². The summed E-state index contributed by atoms with van der Waals surface area (Å²) in [5.41, 5.74) is 0.515. The Morgan fingerprint density at radius 2 is 1.63 bits per heavy atom. The summed E-state index contributed by atoms with van der Waals surface area (Å²) in [4.78, 5) is 27.7. The molecule has 1 aromatic carbocycles. The van der Waals surface area contributed by atoms with Gasteiger partial charge in [0.05, 0.1) is 13.2 Å². The number of carbonyl (C=O) groups is 1. The van der Waals surface area contributed by atoms with E-state index in [2.05, 4.69) is 14.8 Å². The van der Waals surface area contributed by atoms with Gasteiger partial charge in [0.15, 0.2) is 0 Å². The predicted octanol–water partition coefficient (Wildman–Crippen LogP) is 1.41. The van der Waals surface area contributed by atoms with Crippen LogP contribution in [0.5, 0.6) is 0 Å². The zero-order valence-corrected chi connectivity index (χ0v) is 15.1. The number of anilines is 2. The molecule has 0 aliphatic carbocycles. The minimum absolute atomic E-state index is 0.0636. The van der Waals surface area contributed by atoms with E-state index in [-0.39, 0.29) is 11.7 Å². The number of hydrogen-bond acceptors (Lipinski definition) is 6. The van der Waals surface area contributed by atoms with E-state index in [1.54, 1.807) is 11.1 Å². The number of piperazine rings is 1. The maximum absolute atomic E-state index is 13.0. The van der Waals surface area contributed by atoms with E-state index in [0.29, 0.717) is 45.0 Å². The van der Waals surface area contributed by atoms with Crippen LogP contribution in [-0.4, -0.2) is 73.3 Å². The number of rotatable bonds is 3. The van der Waals surface area contributed by atoms with Gasteiger partial charge in [0, 0.05) is 51.0 Å². The van der Waals surface area contributed by atoms with Crippen molar-refractivity contribution in [3.63, 3.8) is 0 Å². The van der Waals surface area contributed by atoms with Gasteiger partial charge in [0.2, 0.25) is 5.95 Å². The second-order valence-electron chi connectivity index (χ2n) is 6.60. The van der Waals surface area contributed by atoms with Crippen LogP contribution in [-0.2, 0) is 4.74 Å². The van der Waals surface area contributed by atoms with Crippen LogP contribution < -0.4 is 9.80 Å². The summed E-state index contributed by atoms with van der Waals surface area (Å²) in [5.74, 6) is 1.20. The lowest BCUT2D eigenvalue weighted by Crippen LogP contribution is -2.49. The summed E-state index contributed by atoms with van der Waals surface area (Å²) in [6.07, 6.45) is 1.78. The van der Waals surface area contributed by atoms with Gasteiger partial charge >= 0.3 is 0 Å². The summed E-state index contributed by atoms with van der Waals surface area (Å²) in [6, 6.07) is 7.60. The van der Waals surface area contributed by atoms with Gasteiger partial charge in [-0.2, -0.15) is 4.98 Å². The Bertz CT molecular complexity index is 787. The van der Waals surface area contributed by atoms with Crippen molar-refractivity contribution in [2.75, 3.05) is 62.3 Å². The van der Waals surface area contributed by atoms with Crippen LogP contribution in [0.4, 0.5) is 16.2 Å². The van der Waals surface area contributed by atoms with Gasteiger partial charge in [0.1, 0.15) is 11.6 Å². The standard InChI is InChI=1S/C19H22FN5O2/c20-16-3-1-15(2-4-16)18(26)24-9-7-23(8-10-24)17-5-6-21-19(22-17)25-11-13-27-14-12-25/h1-6H,7-14H2. The number of benzene rings is 1. The van der Waals surface area contributed by atoms with Crippen LogP contribution in [0, 0.1) is 5.82 Å². The van der Waals surface area contributed by atoms with Crippen molar-refractivity contribution in [2.45, 2.75) is 0 Å². The lowest BCUT2D eigenvalue weighted by molar-refractivity contribution is 0.0746. The molecule has 8 heteroatoms. The normalized spacial score (nSPS) is 17.9. The third-order valence-corrected chi connectivity index (χ3v) is 4.90. The summed E-state index contributed by atoms with van der Waals surface area (Å²) in [7, 11) is 0. The first kappa shape index (κ1) is 17.7. The zero-order valence-electron chi connectivity index (χ0n) is 15.1. The van der Waals surface area contributed by atoms with Crippen molar-refractivity contribution < 1.29 is 13.9 Å². The van der Waals surface area contributed by atoms with Gasteiger partial charge in [-0.3, -0.25) is 4.79 Å². The molecule has 2 aliphatic heterocycles. The van der Waals surface area contributed by atoms with E-state index >= 15 is 0 Å². The summed E-state index contributed by atoms with van der Waals surface area (Å²) >= 11 is 0. The Balaban J connectivity index is 1.39. The van der Waals surface area contributed by atoms with Crippen molar-refractivity contribution in [1.29, 1.82) is 0 Å². The molecule has 2 saturated heterocycles. The van der Waals surface area contributed by atoms with Crippen LogP contribution in [0.2, 0.25) is 0 Å². The lowest BCUT2D eigenvalue weighted by atomic mass is 10.2. The number of hydrogen-bond donors (Lipinski definition) is 0. The third kappa shape index (κ3) is 4.00. The van der Waals surface area contributed by atoms with Gasteiger partial charge in [-0.15, -0.1) is 0 Å². The van der Waals surface area contributed by atoms with Gasteiger partial charge in [0.25, 0.3) is 5.91 Å². The molecular weight excluding hydrogens is 349 g/mol. The zero-order chi connectivity index (χ0) is 18.6. The minimum Gasteiger partial charge on any atom is -0.378 e. The molecule has 2 aromatic rings. The quantitative estimate of drug-likeness (QED) is 0.813.